The van der Waals surface area contributed by atoms with Crippen LogP contribution in [0.15, 0.2) is 0 Å². The maximum absolute atomic E-state index is 13.0. The van der Waals surface area contributed by atoms with Gasteiger partial charge in [-0.2, -0.15) is 13.2 Å². The fourth-order valence-corrected chi connectivity index (χ4v) is 2.89. The van der Waals surface area contributed by atoms with E-state index in [1.165, 1.54) is 0 Å². The molecule has 1 rings (SSSR count). The van der Waals surface area contributed by atoms with Crippen LogP contribution >= 0.6 is 0 Å². The van der Waals surface area contributed by atoms with Crippen molar-refractivity contribution in [2.75, 3.05) is 0 Å². The molecule has 0 radical (unpaired) electrons. The molecule has 4 heteroatoms. The predicted octanol–water partition coefficient (Wildman–Crippen LogP) is 4.51. The first-order valence-electron chi connectivity index (χ1n) is 6.93. The lowest BCUT2D eigenvalue weighted by Gasteiger charge is -2.37. The Bertz CT molecular complexity index is 255. The molecule has 0 saturated heterocycles. The van der Waals surface area contributed by atoms with Gasteiger partial charge in [-0.1, -0.05) is 33.6 Å². The summed E-state index contributed by atoms with van der Waals surface area (Å²) in [7, 11) is 0. The molecule has 0 bridgehead atoms. The van der Waals surface area contributed by atoms with E-state index in [4.69, 9.17) is 5.73 Å². The summed E-state index contributed by atoms with van der Waals surface area (Å²) in [5.74, 6) is -1.55. The average molecular weight is 265 g/mol. The van der Waals surface area contributed by atoms with Gasteiger partial charge in [-0.15, -0.1) is 0 Å². The highest BCUT2D eigenvalue weighted by Crippen LogP contribution is 2.43. The van der Waals surface area contributed by atoms with E-state index in [2.05, 4.69) is 20.8 Å². The quantitative estimate of drug-likeness (QED) is 0.798. The number of halogens is 3. The third-order valence-corrected chi connectivity index (χ3v) is 4.02. The zero-order valence-electron chi connectivity index (χ0n) is 11.7. The zero-order valence-corrected chi connectivity index (χ0v) is 11.7. The van der Waals surface area contributed by atoms with Crippen molar-refractivity contribution < 1.29 is 13.2 Å². The SMILES string of the molecule is CC(C)(C)CCC(N)C1CCCCC1C(F)(F)F. The van der Waals surface area contributed by atoms with Crippen LogP contribution in [-0.4, -0.2) is 12.2 Å². The highest BCUT2D eigenvalue weighted by atomic mass is 19.4. The van der Waals surface area contributed by atoms with Gasteiger partial charge in [0.05, 0.1) is 5.92 Å². The minimum Gasteiger partial charge on any atom is -0.327 e. The van der Waals surface area contributed by atoms with Crippen molar-refractivity contribution in [3.05, 3.63) is 0 Å². The summed E-state index contributed by atoms with van der Waals surface area (Å²) in [5.41, 5.74) is 6.18. The summed E-state index contributed by atoms with van der Waals surface area (Å²) >= 11 is 0. The van der Waals surface area contributed by atoms with Gasteiger partial charge in [-0.05, 0) is 37.0 Å². The van der Waals surface area contributed by atoms with Crippen molar-refractivity contribution in [1.29, 1.82) is 0 Å². The van der Waals surface area contributed by atoms with E-state index in [9.17, 15) is 13.2 Å². The summed E-state index contributed by atoms with van der Waals surface area (Å²) in [6, 6.07) is -0.309. The molecule has 0 aliphatic heterocycles. The predicted molar refractivity (Wildman–Crippen MR) is 68.2 cm³/mol. The van der Waals surface area contributed by atoms with Crippen LogP contribution in [-0.2, 0) is 0 Å². The number of hydrogen-bond donors (Lipinski definition) is 1. The molecule has 3 atom stereocenters. The first kappa shape index (κ1) is 15.8. The van der Waals surface area contributed by atoms with E-state index < -0.39 is 12.1 Å². The fraction of sp³-hybridized carbons (Fsp3) is 1.00. The first-order valence-corrected chi connectivity index (χ1v) is 6.93. The third-order valence-electron chi connectivity index (χ3n) is 4.02. The second kappa shape index (κ2) is 5.81. The highest BCUT2D eigenvalue weighted by Gasteiger charge is 2.47. The van der Waals surface area contributed by atoms with Crippen LogP contribution in [0.3, 0.4) is 0 Å². The Kier molecular flexibility index (Phi) is 5.10. The average Bonchev–Trinajstić information content (AvgIpc) is 2.24. The highest BCUT2D eigenvalue weighted by molar-refractivity contribution is 4.87. The normalized spacial score (nSPS) is 28.2. The lowest BCUT2D eigenvalue weighted by Crippen LogP contribution is -2.43. The maximum atomic E-state index is 13.0. The Morgan fingerprint density at radius 2 is 1.67 bits per heavy atom. The number of rotatable bonds is 3. The summed E-state index contributed by atoms with van der Waals surface area (Å²) < 4.78 is 38.9. The molecular weight excluding hydrogens is 239 g/mol. The molecule has 0 amide bonds. The van der Waals surface area contributed by atoms with E-state index in [0.29, 0.717) is 19.3 Å². The number of hydrogen-bond acceptors (Lipinski definition) is 1. The molecule has 0 spiro atoms. The van der Waals surface area contributed by atoms with Crippen molar-refractivity contribution >= 4 is 0 Å². The van der Waals surface area contributed by atoms with Crippen LogP contribution in [0.25, 0.3) is 0 Å². The minimum absolute atomic E-state index is 0.139. The van der Waals surface area contributed by atoms with Gasteiger partial charge in [0.25, 0.3) is 0 Å². The van der Waals surface area contributed by atoms with Gasteiger partial charge in [0.15, 0.2) is 0 Å². The summed E-state index contributed by atoms with van der Waals surface area (Å²) in [6.07, 6.45) is -0.0273. The van der Waals surface area contributed by atoms with Gasteiger partial charge in [-0.25, -0.2) is 0 Å². The molecule has 3 unspecified atom stereocenters. The maximum Gasteiger partial charge on any atom is 0.392 e. The van der Waals surface area contributed by atoms with Crippen molar-refractivity contribution in [1.82, 2.24) is 0 Å². The van der Waals surface area contributed by atoms with Crippen LogP contribution in [0.2, 0.25) is 0 Å². The molecule has 0 heterocycles. The molecule has 18 heavy (non-hydrogen) atoms. The Morgan fingerprint density at radius 1 is 1.11 bits per heavy atom. The van der Waals surface area contributed by atoms with Crippen LogP contribution < -0.4 is 5.73 Å². The van der Waals surface area contributed by atoms with E-state index in [-0.39, 0.29) is 23.8 Å². The molecule has 1 saturated carbocycles. The molecular formula is C14H26F3N. The van der Waals surface area contributed by atoms with Crippen molar-refractivity contribution in [3.8, 4) is 0 Å². The lowest BCUT2D eigenvalue weighted by molar-refractivity contribution is -0.198. The van der Waals surface area contributed by atoms with Crippen LogP contribution in [0.4, 0.5) is 13.2 Å². The van der Waals surface area contributed by atoms with Crippen LogP contribution in [0.1, 0.15) is 59.3 Å². The Balaban J connectivity index is 2.60. The van der Waals surface area contributed by atoms with Crippen molar-refractivity contribution in [2.24, 2.45) is 23.0 Å². The van der Waals surface area contributed by atoms with Gasteiger partial charge >= 0.3 is 6.18 Å². The molecule has 2 N–H and O–H groups in total. The Labute approximate surface area is 108 Å². The molecule has 1 nitrogen and oxygen atoms in total. The van der Waals surface area contributed by atoms with Crippen molar-refractivity contribution in [2.45, 2.75) is 71.5 Å². The molecule has 1 aliphatic rings. The monoisotopic (exact) mass is 265 g/mol. The Morgan fingerprint density at radius 3 is 2.17 bits per heavy atom. The van der Waals surface area contributed by atoms with Gasteiger partial charge in [-0.3, -0.25) is 0 Å². The summed E-state index contributed by atoms with van der Waals surface area (Å²) in [5, 5.41) is 0. The summed E-state index contributed by atoms with van der Waals surface area (Å²) in [6.45, 7) is 6.30. The Hall–Kier alpha value is -0.250. The molecule has 0 aromatic rings. The van der Waals surface area contributed by atoms with E-state index in [1.807, 2.05) is 0 Å². The van der Waals surface area contributed by atoms with Crippen molar-refractivity contribution in [3.63, 3.8) is 0 Å². The van der Waals surface area contributed by atoms with Crippen LogP contribution in [0.5, 0.6) is 0 Å². The topological polar surface area (TPSA) is 26.0 Å². The second-order valence-corrected chi connectivity index (χ2v) is 6.86. The largest absolute Gasteiger partial charge is 0.392 e. The fourth-order valence-electron chi connectivity index (χ4n) is 2.89. The first-order chi connectivity index (χ1) is 8.11. The molecule has 108 valence electrons. The van der Waals surface area contributed by atoms with E-state index in [0.717, 1.165) is 12.8 Å². The van der Waals surface area contributed by atoms with Gasteiger partial charge in [0.1, 0.15) is 0 Å². The second-order valence-electron chi connectivity index (χ2n) is 6.86. The van der Waals surface area contributed by atoms with Gasteiger partial charge in [0.2, 0.25) is 0 Å². The number of nitrogens with two attached hydrogens (primary N) is 1. The molecule has 1 fully saturated rings. The summed E-state index contributed by atoms with van der Waals surface area (Å²) in [4.78, 5) is 0. The van der Waals surface area contributed by atoms with E-state index in [1.54, 1.807) is 0 Å². The van der Waals surface area contributed by atoms with Crippen LogP contribution in [0, 0.1) is 17.3 Å². The third kappa shape index (κ3) is 4.79. The van der Waals surface area contributed by atoms with Gasteiger partial charge < -0.3 is 5.73 Å². The van der Waals surface area contributed by atoms with Gasteiger partial charge in [0, 0.05) is 6.04 Å². The molecule has 0 aromatic carbocycles. The molecule has 1 aliphatic carbocycles. The minimum atomic E-state index is -4.08. The number of alkyl halides is 3. The smallest absolute Gasteiger partial charge is 0.327 e. The standard InChI is InChI=1S/C14H26F3N/c1-13(2,3)9-8-12(18)10-6-4-5-7-11(10)14(15,16)17/h10-12H,4-9,18H2,1-3H3. The van der Waals surface area contributed by atoms with E-state index >= 15 is 0 Å². The lowest BCUT2D eigenvalue weighted by atomic mass is 9.73. The molecule has 0 aromatic heterocycles. The zero-order chi connectivity index (χ0) is 14.0.